The summed E-state index contributed by atoms with van der Waals surface area (Å²) in [5, 5.41) is 8.57. The molecule has 0 bridgehead atoms. The highest BCUT2D eigenvalue weighted by molar-refractivity contribution is 6.51. The summed E-state index contributed by atoms with van der Waals surface area (Å²) in [6.07, 6.45) is 0. The Hall–Kier alpha value is -5.37. The lowest BCUT2D eigenvalue weighted by Crippen LogP contribution is -2.46. The minimum absolute atomic E-state index is 0.230. The number of para-hydroxylation sites is 2. The number of ether oxygens (including phenoxy) is 2. The van der Waals surface area contributed by atoms with Gasteiger partial charge in [-0.3, -0.25) is 0 Å². The van der Waals surface area contributed by atoms with Crippen LogP contribution in [0.2, 0.25) is 0 Å². The van der Waals surface area contributed by atoms with E-state index >= 15 is 0 Å². The number of anilines is 2. The monoisotopic (exact) mass is 554 g/mol. The van der Waals surface area contributed by atoms with E-state index in [9.17, 15) is 0 Å². The molecule has 4 aromatic carbocycles. The quantitative estimate of drug-likeness (QED) is 0.247. The SMILES string of the molecule is COc1ccc(NC2=Nc3ccccc3N3C2=Nc2c(c(C)nn2-c2ccc(C)cc2)[C@H]3c2cccc(OC)c2)cc1. The molecule has 208 valence electrons. The molecule has 0 aliphatic carbocycles. The van der Waals surface area contributed by atoms with Crippen molar-refractivity contribution in [2.24, 2.45) is 9.98 Å². The Bertz CT molecular complexity index is 1850. The summed E-state index contributed by atoms with van der Waals surface area (Å²) in [5.74, 6) is 3.70. The van der Waals surface area contributed by atoms with Crippen LogP contribution in [0.15, 0.2) is 107 Å². The molecule has 3 heterocycles. The number of amidine groups is 2. The third kappa shape index (κ3) is 4.28. The lowest BCUT2D eigenvalue weighted by molar-refractivity contribution is 0.414. The summed E-state index contributed by atoms with van der Waals surface area (Å²) in [4.78, 5) is 12.6. The van der Waals surface area contributed by atoms with Gasteiger partial charge in [0.15, 0.2) is 17.5 Å². The van der Waals surface area contributed by atoms with Crippen LogP contribution in [0, 0.1) is 13.8 Å². The first-order valence-corrected chi connectivity index (χ1v) is 13.8. The Balaban J connectivity index is 1.47. The Morgan fingerprint density at radius 1 is 0.762 bits per heavy atom. The van der Waals surface area contributed by atoms with Crippen molar-refractivity contribution < 1.29 is 9.47 Å². The average molecular weight is 555 g/mol. The van der Waals surface area contributed by atoms with E-state index < -0.39 is 0 Å². The van der Waals surface area contributed by atoms with Crippen LogP contribution in [0.25, 0.3) is 5.69 Å². The molecular weight excluding hydrogens is 524 g/mol. The van der Waals surface area contributed by atoms with Gasteiger partial charge in [-0.1, -0.05) is 42.0 Å². The Morgan fingerprint density at radius 3 is 2.29 bits per heavy atom. The summed E-state index contributed by atoms with van der Waals surface area (Å²) in [5.41, 5.74) is 7.84. The first-order chi connectivity index (χ1) is 20.5. The maximum Gasteiger partial charge on any atom is 0.179 e. The molecule has 1 N–H and O–H groups in total. The largest absolute Gasteiger partial charge is 0.497 e. The standard InChI is InChI=1S/C34H30N6O2/c1-21-12-16-25(17-13-21)40-33-30(22(2)38-40)31(23-8-7-9-27(20-23)42-4)39-29-11-6-5-10-28(29)36-32(34(39)37-33)35-24-14-18-26(41-3)19-15-24/h5-20,31H,1-4H3,(H,35,36)/t31-/m1/s1. The number of aromatic nitrogens is 2. The maximum absolute atomic E-state index is 5.66. The molecule has 0 saturated heterocycles. The van der Waals surface area contributed by atoms with E-state index in [0.717, 1.165) is 56.9 Å². The lowest BCUT2D eigenvalue weighted by atomic mass is 9.93. The number of methoxy groups -OCH3 is 2. The molecular formula is C34H30N6O2. The van der Waals surface area contributed by atoms with Gasteiger partial charge in [0.2, 0.25) is 0 Å². The molecule has 5 aromatic rings. The van der Waals surface area contributed by atoms with Gasteiger partial charge in [-0.05, 0) is 80.1 Å². The van der Waals surface area contributed by atoms with Gasteiger partial charge < -0.3 is 19.7 Å². The van der Waals surface area contributed by atoms with Crippen LogP contribution >= 0.6 is 0 Å². The predicted octanol–water partition coefficient (Wildman–Crippen LogP) is 7.30. The van der Waals surface area contributed by atoms with E-state index in [1.54, 1.807) is 14.2 Å². The van der Waals surface area contributed by atoms with Crippen LogP contribution in [-0.4, -0.2) is 35.7 Å². The maximum atomic E-state index is 5.66. The van der Waals surface area contributed by atoms with Crippen LogP contribution in [-0.2, 0) is 0 Å². The van der Waals surface area contributed by atoms with Crippen molar-refractivity contribution in [3.63, 3.8) is 0 Å². The third-order valence-electron chi connectivity index (χ3n) is 7.68. The van der Waals surface area contributed by atoms with E-state index in [-0.39, 0.29) is 6.04 Å². The van der Waals surface area contributed by atoms with Crippen molar-refractivity contribution in [2.45, 2.75) is 19.9 Å². The summed E-state index contributed by atoms with van der Waals surface area (Å²) in [6, 6.07) is 32.3. The first kappa shape index (κ1) is 25.6. The molecule has 8 nitrogen and oxygen atoms in total. The van der Waals surface area contributed by atoms with Crippen molar-refractivity contribution in [3.05, 3.63) is 119 Å². The van der Waals surface area contributed by atoms with E-state index in [0.29, 0.717) is 11.7 Å². The molecule has 1 atom stereocenters. The number of rotatable bonds is 5. The second-order valence-corrected chi connectivity index (χ2v) is 10.4. The van der Waals surface area contributed by atoms with Crippen molar-refractivity contribution in [1.29, 1.82) is 0 Å². The number of nitrogens with one attached hydrogen (secondary N) is 1. The van der Waals surface area contributed by atoms with Crippen LogP contribution < -0.4 is 19.7 Å². The second-order valence-electron chi connectivity index (χ2n) is 10.4. The number of aryl methyl sites for hydroxylation is 2. The van der Waals surface area contributed by atoms with Crippen molar-refractivity contribution in [1.82, 2.24) is 9.78 Å². The van der Waals surface area contributed by atoms with Gasteiger partial charge in [0.25, 0.3) is 0 Å². The molecule has 2 aliphatic rings. The minimum atomic E-state index is -0.230. The molecule has 8 heteroatoms. The number of nitrogens with zero attached hydrogens (tertiary/aromatic N) is 5. The van der Waals surface area contributed by atoms with Crippen LogP contribution in [0.5, 0.6) is 11.5 Å². The van der Waals surface area contributed by atoms with Crippen molar-refractivity contribution in [2.75, 3.05) is 24.4 Å². The number of hydrogen-bond acceptors (Lipinski definition) is 7. The molecule has 1 aromatic heterocycles. The molecule has 0 spiro atoms. The highest BCUT2D eigenvalue weighted by Crippen LogP contribution is 2.48. The summed E-state index contributed by atoms with van der Waals surface area (Å²) >= 11 is 0. The van der Waals surface area contributed by atoms with Gasteiger partial charge in [-0.15, -0.1) is 0 Å². The van der Waals surface area contributed by atoms with E-state index in [4.69, 9.17) is 24.6 Å². The number of benzene rings is 4. The molecule has 7 rings (SSSR count). The molecule has 2 aliphatic heterocycles. The number of fused-ring (bicyclic) bond motifs is 4. The fraction of sp³-hybridized carbons (Fsp3) is 0.147. The minimum Gasteiger partial charge on any atom is -0.497 e. The van der Waals surface area contributed by atoms with Gasteiger partial charge in [0, 0.05) is 11.3 Å². The Morgan fingerprint density at radius 2 is 1.52 bits per heavy atom. The molecule has 0 unspecified atom stereocenters. The number of hydrogen-bond donors (Lipinski definition) is 1. The van der Waals surface area contributed by atoms with Gasteiger partial charge in [-0.25, -0.2) is 14.7 Å². The zero-order valence-corrected chi connectivity index (χ0v) is 23.9. The van der Waals surface area contributed by atoms with E-state index in [1.165, 1.54) is 5.56 Å². The van der Waals surface area contributed by atoms with Crippen molar-refractivity contribution in [3.8, 4) is 17.2 Å². The number of aliphatic imine (C=N–C) groups is 2. The van der Waals surface area contributed by atoms with Crippen LogP contribution in [0.4, 0.5) is 22.9 Å². The third-order valence-corrected chi connectivity index (χ3v) is 7.68. The molecule has 42 heavy (non-hydrogen) atoms. The Labute approximate surface area is 244 Å². The normalized spacial score (nSPS) is 15.1. The molecule has 0 amide bonds. The average Bonchev–Trinajstić information content (AvgIpc) is 3.36. The summed E-state index contributed by atoms with van der Waals surface area (Å²) in [7, 11) is 3.35. The van der Waals surface area contributed by atoms with E-state index in [2.05, 4.69) is 66.5 Å². The van der Waals surface area contributed by atoms with E-state index in [1.807, 2.05) is 59.3 Å². The summed E-state index contributed by atoms with van der Waals surface area (Å²) in [6.45, 7) is 4.13. The lowest BCUT2D eigenvalue weighted by Gasteiger charge is -2.40. The first-order valence-electron chi connectivity index (χ1n) is 13.8. The molecule has 0 saturated carbocycles. The van der Waals surface area contributed by atoms with Gasteiger partial charge in [0.1, 0.15) is 11.5 Å². The molecule has 0 fully saturated rings. The Kier molecular flexibility index (Phi) is 6.23. The summed E-state index contributed by atoms with van der Waals surface area (Å²) < 4.78 is 13.0. The topological polar surface area (TPSA) is 76.3 Å². The predicted molar refractivity (Wildman–Crippen MR) is 168 cm³/mol. The highest BCUT2D eigenvalue weighted by atomic mass is 16.5. The van der Waals surface area contributed by atoms with Gasteiger partial charge in [0.05, 0.1) is 43.0 Å². The van der Waals surface area contributed by atoms with Crippen LogP contribution in [0.3, 0.4) is 0 Å². The zero-order valence-electron chi connectivity index (χ0n) is 23.9. The van der Waals surface area contributed by atoms with Crippen molar-refractivity contribution >= 4 is 34.6 Å². The van der Waals surface area contributed by atoms with Gasteiger partial charge in [-0.2, -0.15) is 5.10 Å². The smallest absolute Gasteiger partial charge is 0.179 e. The zero-order chi connectivity index (χ0) is 28.8. The molecule has 0 radical (unpaired) electrons. The fourth-order valence-corrected chi connectivity index (χ4v) is 5.60. The van der Waals surface area contributed by atoms with Gasteiger partial charge >= 0.3 is 0 Å². The van der Waals surface area contributed by atoms with Crippen LogP contribution in [0.1, 0.15) is 28.4 Å². The fourth-order valence-electron chi connectivity index (χ4n) is 5.60. The second kappa shape index (κ2) is 10.2. The highest BCUT2D eigenvalue weighted by Gasteiger charge is 2.41.